The number of aromatic amines is 1. The van der Waals surface area contributed by atoms with Gasteiger partial charge in [-0.1, -0.05) is 17.7 Å². The Morgan fingerprint density at radius 1 is 1.25 bits per heavy atom. The molecule has 166 valence electrons. The Bertz CT molecular complexity index is 1150. The van der Waals surface area contributed by atoms with Crippen LogP contribution in [0.2, 0.25) is 5.02 Å². The molecule has 10 heteroatoms. The van der Waals surface area contributed by atoms with E-state index < -0.39 is 6.03 Å². The number of allylic oxidation sites excluding steroid dienone is 1. The molecule has 0 bridgehead atoms. The summed E-state index contributed by atoms with van der Waals surface area (Å²) < 4.78 is 5.40. The highest BCUT2D eigenvalue weighted by atomic mass is 35.5. The fourth-order valence-corrected chi connectivity index (χ4v) is 3.55. The lowest BCUT2D eigenvalue weighted by molar-refractivity contribution is 0.0342. The number of urea groups is 1. The summed E-state index contributed by atoms with van der Waals surface area (Å²) in [6.07, 6.45) is 0.980. The van der Waals surface area contributed by atoms with Crippen molar-refractivity contribution in [2.75, 3.05) is 31.6 Å². The molecule has 0 radical (unpaired) electrons. The van der Waals surface area contributed by atoms with Crippen molar-refractivity contribution >= 4 is 46.3 Å². The van der Waals surface area contributed by atoms with Crippen molar-refractivity contribution in [3.8, 4) is 0 Å². The number of halogens is 1. The second-order valence-electron chi connectivity index (χ2n) is 7.38. The van der Waals surface area contributed by atoms with E-state index in [1.807, 2.05) is 18.2 Å². The van der Waals surface area contributed by atoms with Gasteiger partial charge in [-0.05, 0) is 42.0 Å². The van der Waals surface area contributed by atoms with Crippen LogP contribution in [0.25, 0.3) is 16.7 Å². The lowest BCUT2D eigenvalue weighted by atomic mass is 10.2. The number of hydrogen-bond acceptors (Lipinski definition) is 6. The number of ether oxygens (including phenoxy) is 1. The summed E-state index contributed by atoms with van der Waals surface area (Å²) in [7, 11) is 0. The normalized spacial score (nSPS) is 15.3. The molecule has 6 N–H and O–H groups in total. The molecule has 0 spiro atoms. The number of nitrogens with two attached hydrogens (primary N) is 1. The zero-order valence-electron chi connectivity index (χ0n) is 17.3. The number of fused-ring (bicyclic) bond motifs is 1. The van der Waals surface area contributed by atoms with Crippen molar-refractivity contribution < 1.29 is 9.53 Å². The molecule has 0 saturated carbocycles. The van der Waals surface area contributed by atoms with Crippen LogP contribution in [0, 0.1) is 5.41 Å². The van der Waals surface area contributed by atoms with E-state index in [1.165, 1.54) is 0 Å². The number of nitrogens with one attached hydrogen (secondary N) is 4. The van der Waals surface area contributed by atoms with Crippen molar-refractivity contribution in [1.82, 2.24) is 20.2 Å². The van der Waals surface area contributed by atoms with Gasteiger partial charge in [0, 0.05) is 36.6 Å². The molecule has 2 aromatic carbocycles. The van der Waals surface area contributed by atoms with Gasteiger partial charge in [-0.15, -0.1) is 0 Å². The maximum Gasteiger partial charge on any atom is 0.323 e. The van der Waals surface area contributed by atoms with Gasteiger partial charge >= 0.3 is 6.03 Å². The summed E-state index contributed by atoms with van der Waals surface area (Å²) in [6.45, 7) is 4.16. The topological polar surface area (TPSA) is 132 Å². The molecular formula is C22H24ClN7O2. The van der Waals surface area contributed by atoms with Gasteiger partial charge < -0.3 is 31.5 Å². The number of morpholine rings is 1. The van der Waals surface area contributed by atoms with Crippen molar-refractivity contribution in [2.24, 2.45) is 5.73 Å². The van der Waals surface area contributed by atoms with Gasteiger partial charge in [-0.2, -0.15) is 0 Å². The lowest BCUT2D eigenvalue weighted by Gasteiger charge is -2.26. The molecule has 0 unspecified atom stereocenters. The van der Waals surface area contributed by atoms with Crippen LogP contribution in [-0.2, 0) is 11.3 Å². The average Bonchev–Trinajstić information content (AvgIpc) is 3.23. The first-order chi connectivity index (χ1) is 15.5. The third kappa shape index (κ3) is 5.25. The quantitative estimate of drug-likeness (QED) is 0.366. The fourth-order valence-electron chi connectivity index (χ4n) is 3.43. The predicted octanol–water partition coefficient (Wildman–Crippen LogP) is 3.15. The maximum atomic E-state index is 12.3. The minimum atomic E-state index is -0.530. The van der Waals surface area contributed by atoms with Crippen LogP contribution in [0.1, 0.15) is 11.4 Å². The van der Waals surface area contributed by atoms with Crippen LogP contribution in [0.3, 0.4) is 0 Å². The highest BCUT2D eigenvalue weighted by Crippen LogP contribution is 2.19. The lowest BCUT2D eigenvalue weighted by Crippen LogP contribution is -2.35. The zero-order valence-corrected chi connectivity index (χ0v) is 18.1. The summed E-state index contributed by atoms with van der Waals surface area (Å²) in [5.41, 5.74) is 9.82. The summed E-state index contributed by atoms with van der Waals surface area (Å²) in [5, 5.41) is 13.5. The molecule has 1 aromatic heterocycles. The number of H-pyrrole nitrogens is 1. The van der Waals surface area contributed by atoms with E-state index in [9.17, 15) is 4.79 Å². The van der Waals surface area contributed by atoms with Crippen molar-refractivity contribution in [3.05, 3.63) is 64.6 Å². The maximum absolute atomic E-state index is 12.3. The van der Waals surface area contributed by atoms with Gasteiger partial charge in [0.05, 0.1) is 29.9 Å². The number of hydrogen-bond donors (Lipinski definition) is 5. The second kappa shape index (κ2) is 9.82. The number of nitrogens with zero attached hydrogens (tertiary/aromatic N) is 2. The number of carbonyl (C=O) groups is 1. The zero-order chi connectivity index (χ0) is 22.5. The fraction of sp³-hybridized carbons (Fsp3) is 0.227. The number of aromatic nitrogens is 2. The molecule has 3 aromatic rings. The predicted molar refractivity (Wildman–Crippen MR) is 126 cm³/mol. The Kier molecular flexibility index (Phi) is 6.69. The van der Waals surface area contributed by atoms with Gasteiger partial charge in [0.2, 0.25) is 0 Å². The first kappa shape index (κ1) is 21.8. The molecule has 1 aliphatic heterocycles. The van der Waals surface area contributed by atoms with Gasteiger partial charge in [0.15, 0.2) is 5.82 Å². The van der Waals surface area contributed by atoms with Crippen LogP contribution >= 0.6 is 11.6 Å². The van der Waals surface area contributed by atoms with E-state index in [0.717, 1.165) is 55.7 Å². The SMILES string of the molecule is N=CC(NC(=O)Nc1ccc(Cl)cc1)=C(N)c1nc2ccc(CN3CCOCC3)cc2[nH]1. The minimum Gasteiger partial charge on any atom is -0.394 e. The highest BCUT2D eigenvalue weighted by Gasteiger charge is 2.14. The highest BCUT2D eigenvalue weighted by molar-refractivity contribution is 6.30. The van der Waals surface area contributed by atoms with E-state index in [0.29, 0.717) is 16.5 Å². The number of benzene rings is 2. The van der Waals surface area contributed by atoms with Crippen molar-refractivity contribution in [2.45, 2.75) is 6.54 Å². The molecule has 1 aliphatic rings. The van der Waals surface area contributed by atoms with E-state index in [1.54, 1.807) is 24.3 Å². The van der Waals surface area contributed by atoms with Crippen LogP contribution in [0.5, 0.6) is 0 Å². The van der Waals surface area contributed by atoms with Crippen LogP contribution in [0.4, 0.5) is 10.5 Å². The summed E-state index contributed by atoms with van der Waals surface area (Å²) in [5.74, 6) is 0.383. The van der Waals surface area contributed by atoms with Crippen LogP contribution < -0.4 is 16.4 Å². The standard InChI is InChI=1S/C22H24ClN7O2/c23-15-2-4-16(5-3-15)26-22(31)29-19(12-24)20(25)21-27-17-6-1-14(11-18(17)28-21)13-30-7-9-32-10-8-30/h1-6,11-12,24H,7-10,13,25H2,(H,27,28)(H2,26,29,31). The van der Waals surface area contributed by atoms with Gasteiger partial charge in [-0.3, -0.25) is 4.90 Å². The third-order valence-corrected chi connectivity index (χ3v) is 5.35. The smallest absolute Gasteiger partial charge is 0.323 e. The molecular weight excluding hydrogens is 430 g/mol. The minimum absolute atomic E-state index is 0.129. The Morgan fingerprint density at radius 3 is 2.72 bits per heavy atom. The molecule has 4 rings (SSSR count). The Balaban J connectivity index is 1.49. The number of anilines is 1. The number of imidazole rings is 1. The summed E-state index contributed by atoms with van der Waals surface area (Å²) >= 11 is 5.86. The van der Waals surface area contributed by atoms with Gasteiger partial charge in [0.25, 0.3) is 0 Å². The Morgan fingerprint density at radius 2 is 2.00 bits per heavy atom. The van der Waals surface area contributed by atoms with E-state index in [2.05, 4.69) is 25.5 Å². The monoisotopic (exact) mass is 453 g/mol. The molecule has 32 heavy (non-hydrogen) atoms. The Labute approximate surface area is 190 Å². The second-order valence-corrected chi connectivity index (χ2v) is 7.82. The first-order valence-electron chi connectivity index (χ1n) is 10.1. The first-order valence-corrected chi connectivity index (χ1v) is 10.5. The van der Waals surface area contributed by atoms with E-state index in [4.69, 9.17) is 27.5 Å². The third-order valence-electron chi connectivity index (χ3n) is 5.10. The Hall–Kier alpha value is -3.40. The number of amides is 2. The van der Waals surface area contributed by atoms with Gasteiger partial charge in [-0.25, -0.2) is 9.78 Å². The molecule has 2 amide bonds. The van der Waals surface area contributed by atoms with Gasteiger partial charge in [0.1, 0.15) is 5.70 Å². The average molecular weight is 454 g/mol. The largest absolute Gasteiger partial charge is 0.394 e. The van der Waals surface area contributed by atoms with Crippen LogP contribution in [-0.4, -0.2) is 53.4 Å². The molecule has 9 nitrogen and oxygen atoms in total. The summed E-state index contributed by atoms with van der Waals surface area (Å²) in [4.78, 5) is 22.4. The van der Waals surface area contributed by atoms with Crippen LogP contribution in [0.15, 0.2) is 48.2 Å². The molecule has 1 saturated heterocycles. The van der Waals surface area contributed by atoms with E-state index in [-0.39, 0.29) is 11.4 Å². The van der Waals surface area contributed by atoms with Crippen molar-refractivity contribution in [3.63, 3.8) is 0 Å². The molecule has 2 heterocycles. The van der Waals surface area contributed by atoms with Crippen molar-refractivity contribution in [1.29, 1.82) is 5.41 Å². The summed E-state index contributed by atoms with van der Waals surface area (Å²) in [6, 6.07) is 12.2. The molecule has 0 atom stereocenters. The molecule has 1 fully saturated rings. The number of carbonyl (C=O) groups excluding carboxylic acids is 1. The molecule has 0 aliphatic carbocycles. The van der Waals surface area contributed by atoms with E-state index >= 15 is 0 Å². The number of rotatable bonds is 6.